The van der Waals surface area contributed by atoms with Gasteiger partial charge in [-0.15, -0.1) is 0 Å². The quantitative estimate of drug-likeness (QED) is 0.0765. The molecule has 0 aromatic heterocycles. The van der Waals surface area contributed by atoms with Crippen LogP contribution in [0.4, 0.5) is 0 Å². The molecule has 0 atom stereocenters. The van der Waals surface area contributed by atoms with Crippen molar-refractivity contribution >= 4 is 78.7 Å². The number of hydrogen-bond acceptors (Lipinski definition) is 26. The van der Waals surface area contributed by atoms with E-state index >= 15 is 98.0 Å². The minimum atomic E-state index is -5.97. The van der Waals surface area contributed by atoms with Crippen LogP contribution in [0.1, 0.15) is 280 Å². The van der Waals surface area contributed by atoms with Gasteiger partial charge in [0.25, 0.3) is 0 Å². The number of nitrogens with one attached hydrogen (secondary N) is 2. The topological polar surface area (TPSA) is 597 Å². The molecule has 0 amide bonds. The molecule has 0 saturated carbocycles. The van der Waals surface area contributed by atoms with Crippen LogP contribution in [-0.4, -0.2) is 157 Å². The zero-order chi connectivity index (χ0) is 109. The average Bonchev–Trinajstić information content (AvgIpc) is 0.718. The van der Waals surface area contributed by atoms with Crippen LogP contribution in [0.5, 0.6) is 46.0 Å². The van der Waals surface area contributed by atoms with E-state index in [9.17, 15) is 10.2 Å². The van der Waals surface area contributed by atoms with E-state index in [-0.39, 0.29) is 92.6 Å². The molecule has 0 unspecified atom stereocenters. The first-order valence-electron chi connectivity index (χ1n) is 46.5. The number of nitrogens with two attached hydrogens (primary N) is 2. The predicted molar refractivity (Wildman–Crippen MR) is 529 cm³/mol. The molecule has 0 aliphatic carbocycles. The van der Waals surface area contributed by atoms with Crippen molar-refractivity contribution in [3.05, 3.63) is 142 Å². The van der Waals surface area contributed by atoms with Crippen molar-refractivity contribution in [1.82, 2.24) is 0 Å². The van der Waals surface area contributed by atoms with Crippen LogP contribution in [0, 0.1) is 0 Å². The van der Waals surface area contributed by atoms with Crippen LogP contribution in [0.25, 0.3) is 0 Å². The minimum absolute atomic E-state index is 0. The third-order valence-electron chi connectivity index (χ3n) is 23.9. The van der Waals surface area contributed by atoms with Crippen LogP contribution in [0.3, 0.4) is 0 Å². The Bertz CT molecular complexity index is 5360. The molecule has 42 heteroatoms. The number of benzene rings is 8. The third kappa shape index (κ3) is 30.5. The normalized spacial score (nSPS) is 15.4. The van der Waals surface area contributed by atoms with E-state index in [2.05, 4.69) is 79.9 Å². The molecule has 2 radical (unpaired) electrons. The Kier molecular flexibility index (Phi) is 49.5. The summed E-state index contributed by atoms with van der Waals surface area (Å²) in [6.45, 7) is 68.8. The molecule has 0 saturated heterocycles. The summed E-state index contributed by atoms with van der Waals surface area (Å²) in [5, 5.41) is 139. The fourth-order valence-corrected chi connectivity index (χ4v) is 27.0. The summed E-state index contributed by atoms with van der Waals surface area (Å²) in [6.07, 6.45) is 0. The van der Waals surface area contributed by atoms with E-state index in [4.69, 9.17) is 10.2 Å². The molecular weight excluding hydrogens is 2090 g/mol. The fourth-order valence-electron chi connectivity index (χ4n) is 14.3. The number of rotatable bonds is 10. The number of aromatic hydroxyl groups is 2. The van der Waals surface area contributed by atoms with E-state index in [0.29, 0.717) is 72.8 Å². The Morgan fingerprint density at radius 3 is 0.354 bits per heavy atom. The van der Waals surface area contributed by atoms with Gasteiger partial charge in [0.05, 0.1) is 124 Å². The van der Waals surface area contributed by atoms with E-state index in [1.165, 1.54) is 232 Å². The van der Waals surface area contributed by atoms with Gasteiger partial charge < -0.3 is 82.5 Å². The summed E-state index contributed by atoms with van der Waals surface area (Å²) in [5.74, 6) is -15.3. The number of sulfone groups is 8. The zero-order valence-electron chi connectivity index (χ0n) is 90.1. The van der Waals surface area contributed by atoms with Gasteiger partial charge in [-0.05, 0) is 254 Å². The summed E-state index contributed by atoms with van der Waals surface area (Å²) >= 11 is 0. The Balaban J connectivity index is 0. The van der Waals surface area contributed by atoms with Crippen LogP contribution in [-0.2, 0) is 170 Å². The molecule has 8 aromatic rings. The fraction of sp³-hybridized carbons (Fsp3) is 0.529. The number of hydrogen-bond donors (Lipinski definition) is 6. The Morgan fingerprint density at radius 2 is 0.292 bits per heavy atom. The summed E-state index contributed by atoms with van der Waals surface area (Å²) in [7, 11) is -46.1. The second-order valence-corrected chi connectivity index (χ2v) is 57.4. The van der Waals surface area contributed by atoms with Crippen molar-refractivity contribution in [2.45, 2.75) is 357 Å². The Labute approximate surface area is 882 Å². The number of phenolic OH excluding ortho intramolecular Hbond substituents is 2. The molecule has 0 fully saturated rings. The standard InChI is InChI=1S/C80H96O24S8.2C6H15N.2C4H11N.2CH3O.2O.2V/c1-73(2,3)41-25-49-65(81)50(26-41)106(91,92)52-28-43(75(7,8)9)30-54(67(52)83)108(95,96)56-32-45(77(13,14)15)34-58(69(56)85)110(99,100)60-36-47(79(19,20)21)38-62(71(60)87)112(103,104)64-40-48(80(22,23)24)39-63(72(64)88)111(101,102)61-37-46(78(16,17)18)35-59(70(61)86)109(97,98)57-33-44(76(10,11)12)31-55(68(57)84)107(93,94)53-29-42(74(4,5)6)27-51(66(53)82)105(49,89)90;2*1-4-7(5-2)6-3;2*1-3-5-4-2;2*1-2;;;;/h25-40,81-88H,1-24H3;2*4-6H2,1-3H3;2*5H,3-4H2,1-2H3;2*1H3;;;;/q;;;;;2*-1;2*-2;2*+4/p-2. The van der Waals surface area contributed by atoms with Crippen molar-refractivity contribution in [3.8, 4) is 46.0 Å². The molecule has 1 aliphatic heterocycles. The third-order valence-corrected chi connectivity index (χ3v) is 38.1. The van der Waals surface area contributed by atoms with Crippen molar-refractivity contribution in [3.63, 3.8) is 0 Å². The molecule has 806 valence electrons. The molecule has 0 spiro atoms. The molecular formula is C102H152N4O28S8V2. The SMILES string of the molecule is CC(C)(C)c1cc2c([O-])c(c1)S(=O)(=O)c1cc(C(C)(C)C)cc(c1[O-])S(=O)(=O)c1cc(C(C)(C)C)cc(c1O)S(=O)(=O)c1cc(C(C)(C)C)cc(c1[O-])S(=O)(=O)c1cc(C(C)(C)C)cc(c1[O-])S(=O)(=O)c1cc(C(C)(C)C)cc(c1[O-])S(=O)(=O)c1cc(C(C)(C)C)cc(c1O)S(=O)(=O)c1cc(C(C)(C)C)cc(c1[O-])S2(=O)=O.CC[NH+](CC)CC.CC[NH+](CC)CC.CC[NH2+]CC.CC[NH2+]CC.C[O-].C[O-].[O-2].[O-2].[V+4].[V+4]. The molecule has 1 aliphatic rings. The molecule has 8 aromatic carbocycles. The zero-order valence-corrected chi connectivity index (χ0v) is 99.5. The summed E-state index contributed by atoms with van der Waals surface area (Å²) in [6, 6.07) is 11.3. The molecule has 1 heterocycles. The van der Waals surface area contributed by atoms with Gasteiger partial charge in [0, 0.05) is 0 Å². The summed E-state index contributed by atoms with van der Waals surface area (Å²) in [4.78, 5) is -20.7. The largest absolute Gasteiger partial charge is 4.00 e. The van der Waals surface area contributed by atoms with Gasteiger partial charge in [-0.2, -0.15) is 14.2 Å². The van der Waals surface area contributed by atoms with Crippen molar-refractivity contribution in [1.29, 1.82) is 0 Å². The van der Waals surface area contributed by atoms with Crippen LogP contribution in [0.15, 0.2) is 175 Å². The van der Waals surface area contributed by atoms with Gasteiger partial charge in [-0.25, -0.2) is 67.3 Å². The van der Waals surface area contributed by atoms with E-state index in [0.717, 1.165) is 38.5 Å². The van der Waals surface area contributed by atoms with E-state index < -0.39 is 246 Å². The molecule has 16 bridgehead atoms. The monoisotopic (exact) mass is 2240 g/mol. The first-order chi connectivity index (χ1) is 63.5. The molecule has 32 nitrogen and oxygen atoms in total. The van der Waals surface area contributed by atoms with E-state index in [1.54, 1.807) is 9.80 Å². The Hall–Kier alpha value is -7.39. The maximum absolute atomic E-state index is 15.9. The van der Waals surface area contributed by atoms with Crippen LogP contribution in [0.2, 0.25) is 0 Å². The van der Waals surface area contributed by atoms with Gasteiger partial charge >= 0.3 is 37.1 Å². The molecule has 144 heavy (non-hydrogen) atoms. The van der Waals surface area contributed by atoms with Crippen LogP contribution < -0.4 is 61.3 Å². The van der Waals surface area contributed by atoms with Gasteiger partial charge in [0.2, 0.25) is 78.7 Å². The smallest absolute Gasteiger partial charge is 2.00 e. The number of quaternary nitrogens is 4. The minimum Gasteiger partial charge on any atom is -2.00 e. The first-order valence-corrected chi connectivity index (χ1v) is 58.3. The number of phenols is 2. The van der Waals surface area contributed by atoms with Crippen molar-refractivity contribution in [2.24, 2.45) is 0 Å². The van der Waals surface area contributed by atoms with Crippen LogP contribution >= 0.6 is 0 Å². The summed E-state index contributed by atoms with van der Waals surface area (Å²) < 4.78 is 254. The number of fused-ring (bicyclic) bond motifs is 16. The molecule has 8 N–H and O–H groups in total. The van der Waals surface area contributed by atoms with Crippen molar-refractivity contribution < 1.29 is 187 Å². The van der Waals surface area contributed by atoms with Gasteiger partial charge in [0.1, 0.15) is 19.6 Å². The average molecular weight is 2240 g/mol. The summed E-state index contributed by atoms with van der Waals surface area (Å²) in [5.41, 5.74) is -13.8. The first kappa shape index (κ1) is 139. The Morgan fingerprint density at radius 1 is 0.208 bits per heavy atom. The van der Waals surface area contributed by atoms with Gasteiger partial charge in [-0.1, -0.05) is 201 Å². The van der Waals surface area contributed by atoms with Crippen molar-refractivity contribution in [2.75, 3.05) is 79.7 Å². The van der Waals surface area contributed by atoms with Gasteiger partial charge in [0.15, 0.2) is 11.5 Å². The molecule has 9 rings (SSSR count). The second-order valence-electron chi connectivity index (χ2n) is 42.3. The maximum atomic E-state index is 15.9. The van der Waals surface area contributed by atoms with E-state index in [1.807, 2.05) is 0 Å². The second kappa shape index (κ2) is 51.4. The predicted octanol–water partition coefficient (Wildman–Crippen LogP) is 7.65. The van der Waals surface area contributed by atoms with Gasteiger partial charge in [-0.3, -0.25) is 0 Å². The maximum Gasteiger partial charge on any atom is 4.00 e.